The summed E-state index contributed by atoms with van der Waals surface area (Å²) in [4.78, 5) is 67.5. The Labute approximate surface area is 293 Å². The summed E-state index contributed by atoms with van der Waals surface area (Å²) in [5.74, 6) is -5.20. The summed E-state index contributed by atoms with van der Waals surface area (Å²) in [6.07, 6.45) is -0.837. The van der Waals surface area contributed by atoms with Gasteiger partial charge in [0.15, 0.2) is 23.9 Å². The molecule has 2 heterocycles. The number of esters is 2. The van der Waals surface area contributed by atoms with Gasteiger partial charge in [0.05, 0.1) is 12.3 Å². The van der Waals surface area contributed by atoms with Gasteiger partial charge in [-0.1, -0.05) is 30.3 Å². The lowest BCUT2D eigenvalue weighted by atomic mass is 10.1. The van der Waals surface area contributed by atoms with Crippen LogP contribution in [0.15, 0.2) is 54.6 Å². The van der Waals surface area contributed by atoms with Crippen molar-refractivity contribution in [2.75, 3.05) is 39.4 Å². The summed E-state index contributed by atoms with van der Waals surface area (Å²) in [6, 6.07) is 11.7. The van der Waals surface area contributed by atoms with Gasteiger partial charge < -0.3 is 34.1 Å². The minimum absolute atomic E-state index is 0.0181. The van der Waals surface area contributed by atoms with Crippen molar-refractivity contribution in [3.63, 3.8) is 0 Å². The molecule has 4 rings (SSSR count). The highest BCUT2D eigenvalue weighted by molar-refractivity contribution is 5.96. The predicted molar refractivity (Wildman–Crippen MR) is 177 cm³/mol. The number of nitrogens with one attached hydrogen (secondary N) is 1. The van der Waals surface area contributed by atoms with Crippen LogP contribution in [0.25, 0.3) is 5.69 Å². The molecule has 1 saturated heterocycles. The monoisotopic (exact) mass is 713 g/mol. The van der Waals surface area contributed by atoms with Crippen LogP contribution in [0.4, 0.5) is 13.6 Å². The van der Waals surface area contributed by atoms with Crippen molar-refractivity contribution in [3.05, 3.63) is 77.5 Å². The van der Waals surface area contributed by atoms with Crippen LogP contribution in [0, 0.1) is 11.6 Å². The maximum absolute atomic E-state index is 14.2. The third kappa shape index (κ3) is 11.2. The van der Waals surface area contributed by atoms with Crippen LogP contribution in [0.5, 0.6) is 5.88 Å². The maximum Gasteiger partial charge on any atom is 0.409 e. The number of carbonyl (C=O) groups is 5. The fraction of sp³-hybridized carbons (Fsp3) is 0.429. The molecular weight excluding hydrogens is 672 g/mol. The molecule has 0 aliphatic carbocycles. The molecule has 1 aliphatic heterocycles. The van der Waals surface area contributed by atoms with Crippen molar-refractivity contribution in [1.29, 1.82) is 0 Å². The number of hydrogen-bond acceptors (Lipinski definition) is 10. The van der Waals surface area contributed by atoms with Gasteiger partial charge in [-0.3, -0.25) is 14.4 Å². The molecule has 0 spiro atoms. The van der Waals surface area contributed by atoms with Crippen LogP contribution in [0.2, 0.25) is 0 Å². The molecule has 1 aromatic heterocycles. The number of aromatic nitrogens is 2. The zero-order valence-electron chi connectivity index (χ0n) is 28.9. The Morgan fingerprint density at radius 3 is 2.22 bits per heavy atom. The van der Waals surface area contributed by atoms with E-state index in [0.29, 0.717) is 0 Å². The first-order valence-corrected chi connectivity index (χ1v) is 16.3. The molecule has 3 amide bonds. The van der Waals surface area contributed by atoms with Gasteiger partial charge in [0.2, 0.25) is 11.8 Å². The van der Waals surface area contributed by atoms with Gasteiger partial charge in [-0.15, -0.1) is 0 Å². The van der Waals surface area contributed by atoms with Gasteiger partial charge >= 0.3 is 18.0 Å². The number of piperazine rings is 1. The minimum Gasteiger partial charge on any atom is -0.466 e. The lowest BCUT2D eigenvalue weighted by molar-refractivity contribution is -0.155. The van der Waals surface area contributed by atoms with Crippen LogP contribution >= 0.6 is 0 Å². The zero-order valence-corrected chi connectivity index (χ0v) is 28.9. The Balaban J connectivity index is 1.53. The molecule has 1 atom stereocenters. The van der Waals surface area contributed by atoms with Crippen molar-refractivity contribution < 1.29 is 51.7 Å². The van der Waals surface area contributed by atoms with Crippen LogP contribution in [-0.4, -0.2) is 100 Å². The quantitative estimate of drug-likeness (QED) is 0.204. The van der Waals surface area contributed by atoms with Gasteiger partial charge in [0, 0.05) is 44.7 Å². The summed E-state index contributed by atoms with van der Waals surface area (Å²) < 4.78 is 50.2. The normalized spacial score (nSPS) is 13.6. The van der Waals surface area contributed by atoms with Crippen LogP contribution in [0.3, 0.4) is 0 Å². The van der Waals surface area contributed by atoms with E-state index in [1.165, 1.54) is 15.9 Å². The number of halogens is 2. The lowest BCUT2D eigenvalue weighted by Gasteiger charge is -2.36. The molecule has 16 heteroatoms. The average Bonchev–Trinajstić information content (AvgIpc) is 3.53. The highest BCUT2D eigenvalue weighted by Gasteiger charge is 2.32. The Morgan fingerprint density at radius 2 is 1.57 bits per heavy atom. The highest BCUT2D eigenvalue weighted by Crippen LogP contribution is 2.22. The second-order valence-electron chi connectivity index (χ2n) is 12.5. The van der Waals surface area contributed by atoms with E-state index in [9.17, 15) is 32.8 Å². The number of nitrogens with zero attached hydrogens (tertiary/aromatic N) is 4. The lowest BCUT2D eigenvalue weighted by Crippen LogP contribution is -2.56. The van der Waals surface area contributed by atoms with Gasteiger partial charge in [-0.25, -0.2) is 23.1 Å². The molecule has 1 unspecified atom stereocenters. The molecule has 14 nitrogen and oxygen atoms in total. The summed E-state index contributed by atoms with van der Waals surface area (Å²) >= 11 is 0. The molecule has 0 radical (unpaired) electrons. The molecule has 3 aromatic rings. The topological polar surface area (TPSA) is 159 Å². The van der Waals surface area contributed by atoms with Gasteiger partial charge in [-0.05, 0) is 51.8 Å². The Morgan fingerprint density at radius 1 is 0.882 bits per heavy atom. The second kappa shape index (κ2) is 17.4. The number of rotatable bonds is 13. The summed E-state index contributed by atoms with van der Waals surface area (Å²) in [5.41, 5.74) is -0.360. The fourth-order valence-corrected chi connectivity index (χ4v) is 4.98. The van der Waals surface area contributed by atoms with E-state index in [2.05, 4.69) is 10.4 Å². The first-order valence-electron chi connectivity index (χ1n) is 16.3. The Bertz CT molecular complexity index is 1700. The van der Waals surface area contributed by atoms with E-state index >= 15 is 0 Å². The predicted octanol–water partition coefficient (Wildman–Crippen LogP) is 3.79. The summed E-state index contributed by atoms with van der Waals surface area (Å²) in [7, 11) is 0. The van der Waals surface area contributed by atoms with Gasteiger partial charge in [-0.2, -0.15) is 5.10 Å². The third-order valence-corrected chi connectivity index (χ3v) is 7.42. The van der Waals surface area contributed by atoms with Crippen LogP contribution < -0.4 is 10.1 Å². The average molecular weight is 714 g/mol. The van der Waals surface area contributed by atoms with Gasteiger partial charge in [0.1, 0.15) is 18.2 Å². The number of benzene rings is 2. The molecule has 0 bridgehead atoms. The van der Waals surface area contributed by atoms with Crippen molar-refractivity contribution in [1.82, 2.24) is 24.9 Å². The SMILES string of the molecule is CCOC(=O)N1CCN(C(=O)C(CCC(=O)OC(C)(C)C)NC(=O)c2cc(OCC(=O)OCc3ccccc3)n(-c3ccc(F)c(F)c3)n2)CC1. The number of amides is 3. The molecule has 274 valence electrons. The van der Waals surface area contributed by atoms with Gasteiger partial charge in [0.25, 0.3) is 5.91 Å². The summed E-state index contributed by atoms with van der Waals surface area (Å²) in [6.45, 7) is 7.06. The Kier molecular flexibility index (Phi) is 13.1. The molecule has 0 saturated carbocycles. The van der Waals surface area contributed by atoms with Crippen molar-refractivity contribution in [2.24, 2.45) is 0 Å². The minimum atomic E-state index is -1.22. The molecule has 2 aromatic carbocycles. The number of ether oxygens (including phenoxy) is 4. The zero-order chi connectivity index (χ0) is 37.1. The molecule has 1 aliphatic rings. The Hall–Kier alpha value is -5.54. The first-order chi connectivity index (χ1) is 24.2. The largest absolute Gasteiger partial charge is 0.466 e. The third-order valence-electron chi connectivity index (χ3n) is 7.42. The van der Waals surface area contributed by atoms with E-state index in [1.54, 1.807) is 52.0 Å². The number of carbonyl (C=O) groups excluding carboxylic acids is 5. The molecule has 1 fully saturated rings. The first kappa shape index (κ1) is 38.3. The van der Waals surface area contributed by atoms with E-state index in [0.717, 1.165) is 28.4 Å². The second-order valence-corrected chi connectivity index (χ2v) is 12.5. The van der Waals surface area contributed by atoms with Crippen LogP contribution in [0.1, 0.15) is 56.6 Å². The van der Waals surface area contributed by atoms with E-state index in [4.69, 9.17) is 18.9 Å². The van der Waals surface area contributed by atoms with Crippen molar-refractivity contribution in [2.45, 2.75) is 58.8 Å². The van der Waals surface area contributed by atoms with E-state index < -0.39 is 59.7 Å². The van der Waals surface area contributed by atoms with Crippen LogP contribution in [-0.2, 0) is 35.2 Å². The molecule has 51 heavy (non-hydrogen) atoms. The van der Waals surface area contributed by atoms with Crippen molar-refractivity contribution in [3.8, 4) is 11.6 Å². The smallest absolute Gasteiger partial charge is 0.409 e. The number of hydrogen-bond donors (Lipinski definition) is 1. The maximum atomic E-state index is 14.2. The molecule has 1 N–H and O–H groups in total. The fourth-order valence-electron chi connectivity index (χ4n) is 4.98. The standard InChI is InChI=1S/C35H41F2N5O9/c1-5-48-34(47)41-17-15-40(16-18-41)33(46)27(13-14-30(43)51-35(2,3)4)38-32(45)28-20-29(42(39-28)24-11-12-25(36)26(37)19-24)49-22-31(44)50-21-23-9-7-6-8-10-23/h6-12,19-20,27H,5,13-18,21-22H2,1-4H3,(H,38,45). The van der Waals surface area contributed by atoms with Crippen molar-refractivity contribution >= 4 is 29.8 Å². The summed E-state index contributed by atoms with van der Waals surface area (Å²) in [5, 5.41) is 6.82. The molecular formula is C35H41F2N5O9. The highest BCUT2D eigenvalue weighted by atomic mass is 19.2. The van der Waals surface area contributed by atoms with E-state index in [1.807, 2.05) is 6.07 Å². The van der Waals surface area contributed by atoms with E-state index in [-0.39, 0.29) is 69.5 Å².